The molecule has 2 fully saturated rings. The molecule has 146 valence electrons. The molecular weight excluding hydrogens is 345 g/mol. The topological polar surface area (TPSA) is 53.9 Å². The minimum atomic E-state index is -0.322. The summed E-state index contributed by atoms with van der Waals surface area (Å²) in [7, 11) is 0. The van der Waals surface area contributed by atoms with Crippen LogP contribution in [0.3, 0.4) is 0 Å². The first kappa shape index (κ1) is 18.4. The van der Waals surface area contributed by atoms with Crippen molar-refractivity contribution in [1.82, 2.24) is 10.2 Å². The molecule has 1 aromatic carbocycles. The van der Waals surface area contributed by atoms with Crippen LogP contribution in [-0.4, -0.2) is 41.8 Å². The Labute approximate surface area is 159 Å². The molecule has 1 saturated heterocycles. The number of nitrogens with one attached hydrogen (secondary N) is 1. The lowest BCUT2D eigenvalue weighted by Crippen LogP contribution is -2.38. The molecule has 3 aliphatic rings. The molecule has 1 aliphatic carbocycles. The lowest BCUT2D eigenvalue weighted by Gasteiger charge is -2.27. The Morgan fingerprint density at radius 1 is 1.26 bits per heavy atom. The summed E-state index contributed by atoms with van der Waals surface area (Å²) in [5, 5.41) is 6.95. The average Bonchev–Trinajstić information content (AvgIpc) is 3.29. The van der Waals surface area contributed by atoms with E-state index in [0.29, 0.717) is 18.7 Å². The van der Waals surface area contributed by atoms with Gasteiger partial charge in [0.2, 0.25) is 0 Å². The number of oxime groups is 1. The van der Waals surface area contributed by atoms with Crippen LogP contribution < -0.4 is 5.32 Å². The second kappa shape index (κ2) is 7.97. The van der Waals surface area contributed by atoms with Crippen LogP contribution in [0.15, 0.2) is 29.4 Å². The molecule has 0 unspecified atom stereocenters. The summed E-state index contributed by atoms with van der Waals surface area (Å²) in [5.74, 6) is 0.344. The first-order valence-electron chi connectivity index (χ1n) is 10.1. The normalized spacial score (nSPS) is 26.2. The molecule has 0 aromatic heterocycles. The monoisotopic (exact) mass is 373 g/mol. The highest BCUT2D eigenvalue weighted by Gasteiger charge is 2.46. The standard InChI is InChI=1S/C21H28FN3O2/c22-18-8-6-16(7-9-18)13-23-20(26)19-12-21(27-24-19)10-11-25(15-21)14-17-4-2-1-3-5-17/h6-9,17H,1-5,10-15H2,(H,23,26)/t21-/m0/s1. The van der Waals surface area contributed by atoms with Crippen molar-refractivity contribution in [2.75, 3.05) is 19.6 Å². The zero-order valence-corrected chi connectivity index (χ0v) is 15.8. The number of benzene rings is 1. The minimum absolute atomic E-state index is 0.193. The molecule has 2 heterocycles. The van der Waals surface area contributed by atoms with E-state index < -0.39 is 0 Å². The SMILES string of the molecule is O=C(NCc1ccc(F)cc1)C1=NO[C@@]2(CCN(CC3CCCCC3)C2)C1. The van der Waals surface area contributed by atoms with Crippen LogP contribution in [0.2, 0.25) is 0 Å². The number of carbonyl (C=O) groups is 1. The second-order valence-corrected chi connectivity index (χ2v) is 8.29. The third-order valence-electron chi connectivity index (χ3n) is 6.10. The molecule has 1 amide bonds. The van der Waals surface area contributed by atoms with Gasteiger partial charge in [0.05, 0.1) is 0 Å². The fraction of sp³-hybridized carbons (Fsp3) is 0.619. The van der Waals surface area contributed by atoms with Gasteiger partial charge < -0.3 is 10.2 Å². The smallest absolute Gasteiger partial charge is 0.269 e. The zero-order chi connectivity index (χ0) is 18.7. The lowest BCUT2D eigenvalue weighted by molar-refractivity contribution is -0.115. The summed E-state index contributed by atoms with van der Waals surface area (Å²) >= 11 is 0. The van der Waals surface area contributed by atoms with Crippen LogP contribution in [0.4, 0.5) is 4.39 Å². The van der Waals surface area contributed by atoms with Crippen molar-refractivity contribution in [2.24, 2.45) is 11.1 Å². The number of hydrogen-bond acceptors (Lipinski definition) is 4. The van der Waals surface area contributed by atoms with Gasteiger partial charge in [0.25, 0.3) is 5.91 Å². The van der Waals surface area contributed by atoms with Crippen molar-refractivity contribution in [1.29, 1.82) is 0 Å². The van der Waals surface area contributed by atoms with E-state index in [9.17, 15) is 9.18 Å². The Balaban J connectivity index is 1.25. The van der Waals surface area contributed by atoms with Gasteiger partial charge in [-0.05, 0) is 36.5 Å². The van der Waals surface area contributed by atoms with Gasteiger partial charge in [-0.2, -0.15) is 0 Å². The molecule has 0 radical (unpaired) electrons. The van der Waals surface area contributed by atoms with Crippen molar-refractivity contribution in [3.63, 3.8) is 0 Å². The summed E-state index contributed by atoms with van der Waals surface area (Å²) in [6.07, 6.45) is 8.30. The molecule has 1 atom stereocenters. The fourth-order valence-electron chi connectivity index (χ4n) is 4.57. The van der Waals surface area contributed by atoms with E-state index in [1.807, 2.05) is 0 Å². The van der Waals surface area contributed by atoms with Crippen LogP contribution in [0.5, 0.6) is 0 Å². The van der Waals surface area contributed by atoms with E-state index >= 15 is 0 Å². The number of hydrogen-bond donors (Lipinski definition) is 1. The van der Waals surface area contributed by atoms with Gasteiger partial charge in [-0.3, -0.25) is 9.69 Å². The summed E-state index contributed by atoms with van der Waals surface area (Å²) in [5.41, 5.74) is 1.01. The highest BCUT2D eigenvalue weighted by atomic mass is 19.1. The van der Waals surface area contributed by atoms with Crippen LogP contribution in [0.1, 0.15) is 50.5 Å². The van der Waals surface area contributed by atoms with E-state index in [1.54, 1.807) is 12.1 Å². The molecular formula is C21H28FN3O2. The maximum absolute atomic E-state index is 13.0. The molecule has 2 aliphatic heterocycles. The largest absolute Gasteiger partial charge is 0.387 e. The highest BCUT2D eigenvalue weighted by molar-refractivity contribution is 6.39. The Bertz CT molecular complexity index is 700. The average molecular weight is 373 g/mol. The van der Waals surface area contributed by atoms with Gasteiger partial charge >= 0.3 is 0 Å². The van der Waals surface area contributed by atoms with E-state index in [0.717, 1.165) is 37.5 Å². The predicted molar refractivity (Wildman–Crippen MR) is 102 cm³/mol. The molecule has 27 heavy (non-hydrogen) atoms. The Morgan fingerprint density at radius 2 is 2.04 bits per heavy atom. The maximum Gasteiger partial charge on any atom is 0.269 e. The Kier molecular flexibility index (Phi) is 5.43. The fourth-order valence-corrected chi connectivity index (χ4v) is 4.57. The van der Waals surface area contributed by atoms with E-state index in [4.69, 9.17) is 4.84 Å². The van der Waals surface area contributed by atoms with E-state index in [2.05, 4.69) is 15.4 Å². The lowest BCUT2D eigenvalue weighted by atomic mass is 9.89. The maximum atomic E-state index is 13.0. The summed E-state index contributed by atoms with van der Waals surface area (Å²) in [6.45, 7) is 3.40. The van der Waals surface area contributed by atoms with Crippen molar-refractivity contribution in [2.45, 2.75) is 57.1 Å². The predicted octanol–water partition coefficient (Wildman–Crippen LogP) is 3.24. The second-order valence-electron chi connectivity index (χ2n) is 8.29. The summed E-state index contributed by atoms with van der Waals surface area (Å²) in [4.78, 5) is 20.7. The third kappa shape index (κ3) is 4.49. The van der Waals surface area contributed by atoms with Crippen LogP contribution in [0, 0.1) is 11.7 Å². The number of carbonyl (C=O) groups excluding carboxylic acids is 1. The van der Waals surface area contributed by atoms with Crippen LogP contribution in [0.25, 0.3) is 0 Å². The number of likely N-dealkylation sites (tertiary alicyclic amines) is 1. The zero-order valence-electron chi connectivity index (χ0n) is 15.8. The van der Waals surface area contributed by atoms with Crippen LogP contribution >= 0.6 is 0 Å². The minimum Gasteiger partial charge on any atom is -0.387 e. The number of rotatable bonds is 5. The molecule has 1 saturated carbocycles. The van der Waals surface area contributed by atoms with E-state index in [1.165, 1.54) is 44.2 Å². The van der Waals surface area contributed by atoms with E-state index in [-0.39, 0.29) is 17.3 Å². The third-order valence-corrected chi connectivity index (χ3v) is 6.10. The molecule has 5 nitrogen and oxygen atoms in total. The van der Waals surface area contributed by atoms with Gasteiger partial charge in [0.1, 0.15) is 11.5 Å². The van der Waals surface area contributed by atoms with Gasteiger partial charge in [0, 0.05) is 39.0 Å². The van der Waals surface area contributed by atoms with Crippen molar-refractivity contribution in [3.8, 4) is 0 Å². The molecule has 1 spiro atoms. The molecule has 1 N–H and O–H groups in total. The van der Waals surface area contributed by atoms with Crippen molar-refractivity contribution >= 4 is 11.6 Å². The van der Waals surface area contributed by atoms with Crippen LogP contribution in [-0.2, 0) is 16.2 Å². The first-order chi connectivity index (χ1) is 13.1. The molecule has 1 aromatic rings. The van der Waals surface area contributed by atoms with Gasteiger partial charge in [-0.25, -0.2) is 4.39 Å². The number of halogens is 1. The number of amides is 1. The van der Waals surface area contributed by atoms with Gasteiger partial charge in [-0.1, -0.05) is 36.6 Å². The summed E-state index contributed by atoms with van der Waals surface area (Å²) in [6, 6.07) is 6.13. The number of nitrogens with zero attached hydrogens (tertiary/aromatic N) is 2. The molecule has 6 heteroatoms. The van der Waals surface area contributed by atoms with Crippen molar-refractivity contribution < 1.29 is 14.0 Å². The Hall–Kier alpha value is -1.95. The van der Waals surface area contributed by atoms with Gasteiger partial charge in [0.15, 0.2) is 5.60 Å². The summed E-state index contributed by atoms with van der Waals surface area (Å²) < 4.78 is 13.0. The van der Waals surface area contributed by atoms with Gasteiger partial charge in [-0.15, -0.1) is 0 Å². The Morgan fingerprint density at radius 3 is 2.81 bits per heavy atom. The molecule has 4 rings (SSSR count). The molecule has 0 bridgehead atoms. The quantitative estimate of drug-likeness (QED) is 0.862. The van der Waals surface area contributed by atoms with Crippen molar-refractivity contribution in [3.05, 3.63) is 35.6 Å². The first-order valence-corrected chi connectivity index (χ1v) is 10.1. The highest BCUT2D eigenvalue weighted by Crippen LogP contribution is 2.35.